The van der Waals surface area contributed by atoms with Crippen molar-refractivity contribution in [2.24, 2.45) is 0 Å². The Balaban J connectivity index is 0.000000264. The van der Waals surface area contributed by atoms with Crippen LogP contribution in [0.15, 0.2) is 133 Å². The van der Waals surface area contributed by atoms with E-state index in [2.05, 4.69) is 48.6 Å². The Kier molecular flexibility index (Phi) is 7.44. The molecule has 3 aliphatic rings. The number of rotatable bonds is 2. The number of para-hydroxylation sites is 1. The van der Waals surface area contributed by atoms with Crippen LogP contribution >= 0.6 is 11.6 Å². The van der Waals surface area contributed by atoms with Crippen LogP contribution in [0.2, 0.25) is 5.02 Å². The van der Waals surface area contributed by atoms with Crippen LogP contribution in [-0.4, -0.2) is 5.78 Å². The van der Waals surface area contributed by atoms with Gasteiger partial charge in [0, 0.05) is 33.7 Å². The number of fused-ring (bicyclic) bond motifs is 5. The number of nitriles is 1. The number of Topliss-reactive ketones (excluding diaryl/α,β-unsaturated/α-hetero) is 1. The maximum absolute atomic E-state index is 13.8. The molecule has 0 saturated carbocycles. The zero-order valence-electron chi connectivity index (χ0n) is 24.0. The zero-order chi connectivity index (χ0) is 30.0. The largest absolute Gasteiger partial charge is 0.465 e. The van der Waals surface area contributed by atoms with E-state index in [4.69, 9.17) is 16.3 Å². The van der Waals surface area contributed by atoms with Crippen molar-refractivity contribution in [2.75, 3.05) is 0 Å². The van der Waals surface area contributed by atoms with Gasteiger partial charge in [0.2, 0.25) is 0 Å². The molecule has 0 aromatic heterocycles. The monoisotopic (exact) mass is 589 g/mol. The Bertz CT molecular complexity index is 2020. The van der Waals surface area contributed by atoms with Gasteiger partial charge in [-0.05, 0) is 82.1 Å². The summed E-state index contributed by atoms with van der Waals surface area (Å²) in [6.07, 6.45) is 10.4. The lowest BCUT2D eigenvalue weighted by Crippen LogP contribution is -2.19. The van der Waals surface area contributed by atoms with Crippen molar-refractivity contribution < 1.29 is 9.53 Å². The van der Waals surface area contributed by atoms with Crippen molar-refractivity contribution in [1.29, 1.82) is 5.26 Å². The first kappa shape index (κ1) is 27.7. The molecular weight excluding hydrogens is 562 g/mol. The molecule has 2 aliphatic carbocycles. The van der Waals surface area contributed by atoms with Crippen LogP contribution in [0.1, 0.15) is 51.4 Å². The summed E-state index contributed by atoms with van der Waals surface area (Å²) in [4.78, 5) is 13.8. The molecule has 5 aromatic rings. The third-order valence-electron chi connectivity index (χ3n) is 8.60. The summed E-state index contributed by atoms with van der Waals surface area (Å²) in [6, 6.07) is 36.3. The third-order valence-corrected chi connectivity index (χ3v) is 8.86. The van der Waals surface area contributed by atoms with E-state index in [-0.39, 0.29) is 11.7 Å². The Morgan fingerprint density at radius 2 is 1.59 bits per heavy atom. The van der Waals surface area contributed by atoms with Gasteiger partial charge in [0.25, 0.3) is 0 Å². The molecule has 0 bridgehead atoms. The molecular formula is C40H28ClNO2. The van der Waals surface area contributed by atoms with E-state index in [0.29, 0.717) is 17.0 Å². The van der Waals surface area contributed by atoms with Crippen LogP contribution in [0.5, 0.6) is 5.75 Å². The highest BCUT2D eigenvalue weighted by atomic mass is 35.5. The fourth-order valence-corrected chi connectivity index (χ4v) is 6.66. The van der Waals surface area contributed by atoms with Gasteiger partial charge in [0.1, 0.15) is 5.75 Å². The molecule has 3 nitrogen and oxygen atoms in total. The summed E-state index contributed by atoms with van der Waals surface area (Å²) in [6.45, 7) is 0. The molecule has 0 spiro atoms. The molecule has 212 valence electrons. The molecule has 1 atom stereocenters. The van der Waals surface area contributed by atoms with E-state index in [1.54, 1.807) is 6.26 Å². The minimum Gasteiger partial charge on any atom is -0.465 e. The Labute approximate surface area is 262 Å². The third kappa shape index (κ3) is 5.04. The SMILES string of the molecule is C1=COc2ccccc2C1.N#Cc1ccc(-c2ccc(Cl)cc2)c2c3c(ccc12)C1=C(CC3=O)C(c2ccccc2)CC=C1. The maximum atomic E-state index is 13.8. The Hall–Kier alpha value is -5.17. The van der Waals surface area contributed by atoms with Crippen LogP contribution in [0.25, 0.3) is 27.5 Å². The van der Waals surface area contributed by atoms with Gasteiger partial charge in [0.05, 0.1) is 17.9 Å². The fourth-order valence-electron chi connectivity index (χ4n) is 6.54. The molecule has 0 saturated heterocycles. The van der Waals surface area contributed by atoms with Gasteiger partial charge in [-0.25, -0.2) is 0 Å². The van der Waals surface area contributed by atoms with Crippen LogP contribution in [0.3, 0.4) is 0 Å². The Morgan fingerprint density at radius 3 is 2.39 bits per heavy atom. The normalized spacial score (nSPS) is 16.2. The summed E-state index contributed by atoms with van der Waals surface area (Å²) in [5.74, 6) is 1.31. The summed E-state index contributed by atoms with van der Waals surface area (Å²) in [5, 5.41) is 12.1. The van der Waals surface area contributed by atoms with Gasteiger partial charge in [-0.3, -0.25) is 4.79 Å². The van der Waals surface area contributed by atoms with E-state index < -0.39 is 0 Å². The first-order valence-corrected chi connectivity index (χ1v) is 15.1. The molecule has 0 radical (unpaired) electrons. The molecule has 4 heteroatoms. The number of carbonyl (C=O) groups is 1. The van der Waals surface area contributed by atoms with Crippen molar-refractivity contribution >= 4 is 33.7 Å². The number of nitrogens with zero attached hydrogens (tertiary/aromatic N) is 1. The quantitative estimate of drug-likeness (QED) is 0.206. The predicted octanol–water partition coefficient (Wildman–Crippen LogP) is 10.3. The highest BCUT2D eigenvalue weighted by molar-refractivity contribution is 6.30. The summed E-state index contributed by atoms with van der Waals surface area (Å²) < 4.78 is 5.24. The molecule has 1 unspecified atom stereocenters. The highest BCUT2D eigenvalue weighted by Crippen LogP contribution is 2.47. The fraction of sp³-hybridized carbons (Fsp3) is 0.100. The van der Waals surface area contributed by atoms with Crippen molar-refractivity contribution in [3.05, 3.63) is 166 Å². The van der Waals surface area contributed by atoms with Gasteiger partial charge in [-0.2, -0.15) is 5.26 Å². The number of halogens is 1. The minimum atomic E-state index is 0.112. The summed E-state index contributed by atoms with van der Waals surface area (Å²) in [5.41, 5.74) is 9.01. The number of hydrogen-bond acceptors (Lipinski definition) is 3. The van der Waals surface area contributed by atoms with Gasteiger partial charge in [-0.15, -0.1) is 0 Å². The first-order chi connectivity index (χ1) is 21.6. The van der Waals surface area contributed by atoms with Gasteiger partial charge in [0.15, 0.2) is 5.78 Å². The smallest absolute Gasteiger partial charge is 0.168 e. The van der Waals surface area contributed by atoms with Crippen molar-refractivity contribution in [3.8, 4) is 22.9 Å². The predicted molar refractivity (Wildman–Crippen MR) is 178 cm³/mol. The molecule has 0 amide bonds. The molecule has 8 rings (SSSR count). The standard InChI is InChI=1S/C31H20ClNO.C9H8O/c32-22-12-9-20(10-13-22)24-14-11-21(18-33)25-15-16-27-26-8-4-7-23(19-5-2-1-3-6-19)28(26)17-29(34)31(27)30(24)25;1-2-6-9-8(4-1)5-3-7-10-9/h1-6,8-16,23H,7,17H2;1-4,6-7H,5H2. The lowest BCUT2D eigenvalue weighted by atomic mass is 9.72. The van der Waals surface area contributed by atoms with E-state index in [9.17, 15) is 10.1 Å². The number of benzene rings is 5. The summed E-state index contributed by atoms with van der Waals surface area (Å²) >= 11 is 6.13. The lowest BCUT2D eigenvalue weighted by molar-refractivity contribution is 0.0991. The zero-order valence-corrected chi connectivity index (χ0v) is 24.7. The first-order valence-electron chi connectivity index (χ1n) is 14.8. The topological polar surface area (TPSA) is 50.1 Å². The molecule has 5 aromatic carbocycles. The lowest BCUT2D eigenvalue weighted by Gasteiger charge is -2.31. The van der Waals surface area contributed by atoms with Crippen LogP contribution < -0.4 is 4.74 Å². The minimum absolute atomic E-state index is 0.112. The van der Waals surface area contributed by atoms with Crippen LogP contribution in [0.4, 0.5) is 0 Å². The molecule has 0 N–H and O–H groups in total. The van der Waals surface area contributed by atoms with E-state index in [1.165, 1.54) is 16.7 Å². The van der Waals surface area contributed by atoms with Crippen LogP contribution in [0, 0.1) is 11.3 Å². The number of carbonyl (C=O) groups excluding carboxylic acids is 1. The second-order valence-electron chi connectivity index (χ2n) is 11.1. The second-order valence-corrected chi connectivity index (χ2v) is 11.6. The van der Waals surface area contributed by atoms with Crippen molar-refractivity contribution in [2.45, 2.75) is 25.2 Å². The van der Waals surface area contributed by atoms with Crippen molar-refractivity contribution in [3.63, 3.8) is 0 Å². The number of allylic oxidation sites excluding steroid dienone is 5. The number of ketones is 1. The number of ether oxygens (including phenoxy) is 1. The highest BCUT2D eigenvalue weighted by Gasteiger charge is 2.32. The molecule has 1 aliphatic heterocycles. The molecule has 1 heterocycles. The van der Waals surface area contributed by atoms with Gasteiger partial charge < -0.3 is 4.74 Å². The summed E-state index contributed by atoms with van der Waals surface area (Å²) in [7, 11) is 0. The van der Waals surface area contributed by atoms with E-state index in [1.807, 2.05) is 78.9 Å². The number of hydrogen-bond donors (Lipinski definition) is 0. The van der Waals surface area contributed by atoms with Gasteiger partial charge >= 0.3 is 0 Å². The second kappa shape index (κ2) is 11.8. The average molecular weight is 590 g/mol. The van der Waals surface area contributed by atoms with E-state index >= 15 is 0 Å². The Morgan fingerprint density at radius 1 is 0.818 bits per heavy atom. The molecule has 44 heavy (non-hydrogen) atoms. The van der Waals surface area contributed by atoms with Crippen molar-refractivity contribution in [1.82, 2.24) is 0 Å². The van der Waals surface area contributed by atoms with E-state index in [0.717, 1.165) is 57.2 Å². The van der Waals surface area contributed by atoms with Crippen LogP contribution in [-0.2, 0) is 6.42 Å². The van der Waals surface area contributed by atoms with Gasteiger partial charge in [-0.1, -0.05) is 103 Å². The maximum Gasteiger partial charge on any atom is 0.168 e. The average Bonchev–Trinajstić information content (AvgIpc) is 3.08. The molecule has 0 fully saturated rings.